The molecule has 0 saturated carbocycles. The van der Waals surface area contributed by atoms with Crippen molar-refractivity contribution in [2.75, 3.05) is 20.1 Å². The summed E-state index contributed by atoms with van der Waals surface area (Å²) < 4.78 is 0. The number of nitrogens with zero attached hydrogens (tertiary/aromatic N) is 3. The molecular formula is C8H13N3. The van der Waals surface area contributed by atoms with E-state index in [-0.39, 0.29) is 5.92 Å². The van der Waals surface area contributed by atoms with Crippen molar-refractivity contribution in [1.29, 1.82) is 10.5 Å². The molecule has 0 aromatic rings. The molecule has 0 bridgehead atoms. The van der Waals surface area contributed by atoms with Crippen LogP contribution in [0.2, 0.25) is 0 Å². The summed E-state index contributed by atoms with van der Waals surface area (Å²) in [5.41, 5.74) is 0. The van der Waals surface area contributed by atoms with Crippen LogP contribution in [0.4, 0.5) is 0 Å². The van der Waals surface area contributed by atoms with Gasteiger partial charge < -0.3 is 4.90 Å². The second-order valence-electron chi connectivity index (χ2n) is 2.70. The lowest BCUT2D eigenvalue weighted by molar-refractivity contribution is 0.317. The summed E-state index contributed by atoms with van der Waals surface area (Å²) in [6, 6.07) is 4.21. The largest absolute Gasteiger partial charge is 0.304 e. The molecule has 0 rings (SSSR count). The first kappa shape index (κ1) is 9.94. The summed E-state index contributed by atoms with van der Waals surface area (Å²) >= 11 is 0. The van der Waals surface area contributed by atoms with Crippen LogP contribution in [0.25, 0.3) is 0 Å². The Morgan fingerprint density at radius 2 is 2.09 bits per heavy atom. The fourth-order valence-corrected chi connectivity index (χ4v) is 0.840. The molecule has 60 valence electrons. The Labute approximate surface area is 67.8 Å². The van der Waals surface area contributed by atoms with Gasteiger partial charge in [-0.05, 0) is 14.0 Å². The maximum atomic E-state index is 8.47. The molecule has 3 nitrogen and oxygen atoms in total. The Morgan fingerprint density at radius 3 is 2.55 bits per heavy atom. The van der Waals surface area contributed by atoms with Crippen LogP contribution < -0.4 is 0 Å². The van der Waals surface area contributed by atoms with E-state index in [2.05, 4.69) is 12.1 Å². The third kappa shape index (κ3) is 5.39. The van der Waals surface area contributed by atoms with E-state index in [4.69, 9.17) is 10.5 Å². The zero-order chi connectivity index (χ0) is 8.69. The highest BCUT2D eigenvalue weighted by atomic mass is 15.1. The summed E-state index contributed by atoms with van der Waals surface area (Å²) in [6.45, 7) is 3.38. The monoisotopic (exact) mass is 151 g/mol. The van der Waals surface area contributed by atoms with Gasteiger partial charge in [0.2, 0.25) is 0 Å². The third-order valence-electron chi connectivity index (χ3n) is 1.41. The predicted molar refractivity (Wildman–Crippen MR) is 42.5 cm³/mol. The highest BCUT2D eigenvalue weighted by Gasteiger charge is 2.03. The van der Waals surface area contributed by atoms with Gasteiger partial charge in [0, 0.05) is 19.5 Å². The minimum atomic E-state index is 0.0543. The van der Waals surface area contributed by atoms with E-state index < -0.39 is 0 Å². The van der Waals surface area contributed by atoms with E-state index in [1.165, 1.54) is 0 Å². The third-order valence-corrected chi connectivity index (χ3v) is 1.41. The standard InChI is InChI=1S/C8H13N3/c1-8(6-10)7-11(2)5-3-4-9/h8H,3,5,7H2,1-2H3. The summed E-state index contributed by atoms with van der Waals surface area (Å²) in [5.74, 6) is 0.0543. The number of hydrogen-bond acceptors (Lipinski definition) is 3. The second kappa shape index (κ2) is 5.70. The molecule has 0 aromatic heterocycles. The van der Waals surface area contributed by atoms with Crippen molar-refractivity contribution in [1.82, 2.24) is 4.90 Å². The SMILES string of the molecule is CC(C#N)CN(C)CCC#N. The smallest absolute Gasteiger partial charge is 0.0666 e. The number of nitriles is 2. The van der Waals surface area contributed by atoms with E-state index in [1.807, 2.05) is 18.9 Å². The minimum absolute atomic E-state index is 0.0543. The van der Waals surface area contributed by atoms with Crippen LogP contribution in [0.15, 0.2) is 0 Å². The molecule has 0 fully saturated rings. The van der Waals surface area contributed by atoms with Gasteiger partial charge in [-0.25, -0.2) is 0 Å². The van der Waals surface area contributed by atoms with Crippen molar-refractivity contribution >= 4 is 0 Å². The van der Waals surface area contributed by atoms with Gasteiger partial charge in [0.15, 0.2) is 0 Å². The average molecular weight is 151 g/mol. The van der Waals surface area contributed by atoms with Gasteiger partial charge in [-0.2, -0.15) is 10.5 Å². The predicted octanol–water partition coefficient (Wildman–Crippen LogP) is 0.992. The van der Waals surface area contributed by atoms with Crippen LogP contribution >= 0.6 is 0 Å². The van der Waals surface area contributed by atoms with Crippen molar-refractivity contribution in [3.05, 3.63) is 0 Å². The second-order valence-corrected chi connectivity index (χ2v) is 2.70. The van der Waals surface area contributed by atoms with Crippen molar-refractivity contribution in [3.63, 3.8) is 0 Å². The maximum absolute atomic E-state index is 8.47. The molecule has 0 spiro atoms. The first-order valence-corrected chi connectivity index (χ1v) is 3.65. The Balaban J connectivity index is 3.47. The normalized spacial score (nSPS) is 12.1. The zero-order valence-corrected chi connectivity index (χ0v) is 7.04. The van der Waals surface area contributed by atoms with E-state index in [9.17, 15) is 0 Å². The van der Waals surface area contributed by atoms with Gasteiger partial charge in [-0.1, -0.05) is 0 Å². The van der Waals surface area contributed by atoms with E-state index in [1.54, 1.807) is 0 Å². The quantitative estimate of drug-likeness (QED) is 0.602. The van der Waals surface area contributed by atoms with Crippen molar-refractivity contribution < 1.29 is 0 Å². The number of hydrogen-bond donors (Lipinski definition) is 0. The molecule has 11 heavy (non-hydrogen) atoms. The maximum Gasteiger partial charge on any atom is 0.0666 e. The Hall–Kier alpha value is -1.06. The summed E-state index contributed by atoms with van der Waals surface area (Å²) in [4.78, 5) is 2.00. The fourth-order valence-electron chi connectivity index (χ4n) is 0.840. The Kier molecular flexibility index (Phi) is 5.15. The molecule has 0 saturated heterocycles. The number of rotatable bonds is 4. The van der Waals surface area contributed by atoms with E-state index in [0.717, 1.165) is 13.1 Å². The van der Waals surface area contributed by atoms with Gasteiger partial charge >= 0.3 is 0 Å². The highest BCUT2D eigenvalue weighted by Crippen LogP contribution is 1.95. The molecule has 0 aliphatic rings. The van der Waals surface area contributed by atoms with E-state index >= 15 is 0 Å². The zero-order valence-electron chi connectivity index (χ0n) is 7.04. The van der Waals surface area contributed by atoms with Crippen LogP contribution in [0.5, 0.6) is 0 Å². The van der Waals surface area contributed by atoms with Crippen LogP contribution in [-0.2, 0) is 0 Å². The van der Waals surface area contributed by atoms with Gasteiger partial charge in [0.05, 0.1) is 18.1 Å². The molecule has 0 radical (unpaired) electrons. The lowest BCUT2D eigenvalue weighted by Crippen LogP contribution is -2.24. The highest BCUT2D eigenvalue weighted by molar-refractivity contribution is 4.81. The molecule has 0 heterocycles. The summed E-state index contributed by atoms with van der Waals surface area (Å²) in [6.07, 6.45) is 0.536. The van der Waals surface area contributed by atoms with Crippen molar-refractivity contribution in [2.24, 2.45) is 5.92 Å². The first-order chi connectivity index (χ1) is 5.20. The molecule has 0 amide bonds. The Bertz CT molecular complexity index is 175. The molecule has 3 heteroatoms. The van der Waals surface area contributed by atoms with Crippen LogP contribution in [0, 0.1) is 28.6 Å². The van der Waals surface area contributed by atoms with Gasteiger partial charge in [0.25, 0.3) is 0 Å². The fraction of sp³-hybridized carbons (Fsp3) is 0.750. The molecule has 0 N–H and O–H groups in total. The summed E-state index contributed by atoms with van der Waals surface area (Å²) in [7, 11) is 1.92. The minimum Gasteiger partial charge on any atom is -0.304 e. The van der Waals surface area contributed by atoms with E-state index in [0.29, 0.717) is 6.42 Å². The molecule has 0 aliphatic heterocycles. The Morgan fingerprint density at radius 1 is 1.45 bits per heavy atom. The molecule has 0 aromatic carbocycles. The van der Waals surface area contributed by atoms with Crippen LogP contribution in [-0.4, -0.2) is 25.0 Å². The van der Waals surface area contributed by atoms with Crippen molar-refractivity contribution in [3.8, 4) is 12.1 Å². The van der Waals surface area contributed by atoms with Gasteiger partial charge in [0.1, 0.15) is 0 Å². The average Bonchev–Trinajstić information content (AvgIpc) is 2.00. The lowest BCUT2D eigenvalue weighted by atomic mass is 10.2. The van der Waals surface area contributed by atoms with Crippen LogP contribution in [0.1, 0.15) is 13.3 Å². The first-order valence-electron chi connectivity index (χ1n) is 3.65. The van der Waals surface area contributed by atoms with Crippen molar-refractivity contribution in [2.45, 2.75) is 13.3 Å². The van der Waals surface area contributed by atoms with Crippen LogP contribution in [0.3, 0.4) is 0 Å². The molecule has 1 atom stereocenters. The van der Waals surface area contributed by atoms with Gasteiger partial charge in [-0.3, -0.25) is 0 Å². The molecule has 0 aliphatic carbocycles. The van der Waals surface area contributed by atoms with Gasteiger partial charge in [-0.15, -0.1) is 0 Å². The topological polar surface area (TPSA) is 50.8 Å². The molecule has 1 unspecified atom stereocenters. The summed E-state index contributed by atoms with van der Waals surface area (Å²) in [5, 5.41) is 16.7. The molecular weight excluding hydrogens is 138 g/mol. The lowest BCUT2D eigenvalue weighted by Gasteiger charge is -2.15.